The van der Waals surface area contributed by atoms with Crippen LogP contribution in [0.3, 0.4) is 0 Å². The summed E-state index contributed by atoms with van der Waals surface area (Å²) < 4.78 is 32.7. The summed E-state index contributed by atoms with van der Waals surface area (Å²) in [7, 11) is 0. The summed E-state index contributed by atoms with van der Waals surface area (Å²) in [6.07, 6.45) is 2.18. The Balaban J connectivity index is 1.52. The number of hydrogen-bond donors (Lipinski definition) is 0. The molecule has 3 saturated heterocycles. The van der Waals surface area contributed by atoms with Crippen LogP contribution >= 0.6 is 0 Å². The second kappa shape index (κ2) is 5.71. The minimum Gasteiger partial charge on any atom is -0.348 e. The van der Waals surface area contributed by atoms with Gasteiger partial charge in [0.15, 0.2) is 17.8 Å². The minimum atomic E-state index is -0.682. The van der Waals surface area contributed by atoms with Crippen LogP contribution in [0.5, 0.6) is 0 Å². The molecule has 27 heavy (non-hydrogen) atoms. The van der Waals surface area contributed by atoms with E-state index in [0.29, 0.717) is 6.61 Å². The van der Waals surface area contributed by atoms with E-state index in [0.717, 1.165) is 16.7 Å². The number of hydrogen-bond acceptors (Lipinski definition) is 7. The third kappa shape index (κ3) is 2.78. The van der Waals surface area contributed by atoms with Crippen molar-refractivity contribution in [3.8, 4) is 0 Å². The average Bonchev–Trinajstić information content (AvgIpc) is 3.29. The molecule has 3 aliphatic rings. The molecule has 0 bridgehead atoms. The highest BCUT2D eigenvalue weighted by Gasteiger charge is 2.59. The lowest BCUT2D eigenvalue weighted by atomic mass is 10.1. The van der Waals surface area contributed by atoms with Crippen molar-refractivity contribution < 1.29 is 23.7 Å². The van der Waals surface area contributed by atoms with Gasteiger partial charge in [-0.1, -0.05) is 0 Å². The first-order valence-electron chi connectivity index (χ1n) is 9.35. The van der Waals surface area contributed by atoms with Crippen LogP contribution < -0.4 is 0 Å². The molecule has 0 aliphatic carbocycles. The predicted molar refractivity (Wildman–Crippen MR) is 94.9 cm³/mol. The topological polar surface area (TPSA) is 76.9 Å². The molecule has 8 heteroatoms. The van der Waals surface area contributed by atoms with Crippen molar-refractivity contribution in [1.82, 2.24) is 14.5 Å². The number of ether oxygens (including phenoxy) is 5. The second-order valence-electron chi connectivity index (χ2n) is 8.34. The zero-order valence-corrected chi connectivity index (χ0v) is 16.2. The van der Waals surface area contributed by atoms with Crippen LogP contribution in [0.1, 0.15) is 39.6 Å². The molecule has 0 aromatic carbocycles. The first-order valence-corrected chi connectivity index (χ1v) is 9.35. The predicted octanol–water partition coefficient (Wildman–Crippen LogP) is 2.31. The first-order chi connectivity index (χ1) is 12.7. The highest BCUT2D eigenvalue weighted by atomic mass is 16.8. The minimum absolute atomic E-state index is 0.215. The monoisotopic (exact) mass is 375 g/mol. The number of aromatic nitrogens is 3. The van der Waals surface area contributed by atoms with Gasteiger partial charge < -0.3 is 28.3 Å². The lowest BCUT2D eigenvalue weighted by molar-refractivity contribution is -0.215. The van der Waals surface area contributed by atoms with Gasteiger partial charge in [0.05, 0.1) is 12.3 Å². The summed E-state index contributed by atoms with van der Waals surface area (Å²) in [6.45, 7) is 10.1. The van der Waals surface area contributed by atoms with E-state index in [2.05, 4.69) is 9.97 Å². The fourth-order valence-electron chi connectivity index (χ4n) is 4.31. The molecule has 5 heterocycles. The van der Waals surface area contributed by atoms with E-state index in [-0.39, 0.29) is 30.6 Å². The van der Waals surface area contributed by atoms with Gasteiger partial charge in [-0.25, -0.2) is 9.97 Å². The summed E-state index contributed by atoms with van der Waals surface area (Å²) in [5.41, 5.74) is 1.76. The Morgan fingerprint density at radius 2 is 1.78 bits per heavy atom. The molecule has 0 amide bonds. The van der Waals surface area contributed by atoms with Gasteiger partial charge in [0.1, 0.15) is 36.4 Å². The molecule has 8 nitrogen and oxygen atoms in total. The molecule has 0 saturated carbocycles. The van der Waals surface area contributed by atoms with Gasteiger partial charge in [0.2, 0.25) is 0 Å². The molecular formula is C19H25N3O5. The zero-order valence-electron chi connectivity index (χ0n) is 16.2. The fraction of sp³-hybridized carbons (Fsp3) is 0.684. The standard InChI is InChI=1S/C19H25N3O5/c1-10-11-6-7-22(16(11)21-9-20-10)17-15-14(26-19(4,5)27-15)13(24-17)12-8-23-18(2,3)25-12/h6-7,9,12-15,17H,8H2,1-5H3/t12?,13-,14+,15+,17+/m0/s1. The number of aryl methyl sites for hydroxylation is 1. The van der Waals surface area contributed by atoms with Gasteiger partial charge in [-0.3, -0.25) is 0 Å². The molecule has 5 atom stereocenters. The Bertz CT molecular complexity index is 879. The summed E-state index contributed by atoms with van der Waals surface area (Å²) in [6, 6.07) is 2.01. The average molecular weight is 375 g/mol. The Kier molecular flexibility index (Phi) is 3.71. The third-order valence-corrected chi connectivity index (χ3v) is 5.44. The van der Waals surface area contributed by atoms with Crippen molar-refractivity contribution in [3.05, 3.63) is 24.3 Å². The van der Waals surface area contributed by atoms with Crippen LogP contribution in [0, 0.1) is 6.92 Å². The van der Waals surface area contributed by atoms with Crippen molar-refractivity contribution >= 4 is 11.0 Å². The van der Waals surface area contributed by atoms with Crippen molar-refractivity contribution in [2.75, 3.05) is 6.61 Å². The number of fused-ring (bicyclic) bond motifs is 2. The maximum absolute atomic E-state index is 6.44. The third-order valence-electron chi connectivity index (χ3n) is 5.44. The van der Waals surface area contributed by atoms with E-state index in [1.54, 1.807) is 6.33 Å². The highest BCUT2D eigenvalue weighted by molar-refractivity contribution is 5.78. The van der Waals surface area contributed by atoms with Crippen LogP contribution in [0.4, 0.5) is 0 Å². The fourth-order valence-corrected chi connectivity index (χ4v) is 4.31. The molecule has 3 aliphatic heterocycles. The normalized spacial score (nSPS) is 37.1. The quantitative estimate of drug-likeness (QED) is 0.797. The Morgan fingerprint density at radius 3 is 2.52 bits per heavy atom. The summed E-state index contributed by atoms with van der Waals surface area (Å²) in [5, 5.41) is 1.00. The van der Waals surface area contributed by atoms with Crippen LogP contribution in [0.2, 0.25) is 0 Å². The first kappa shape index (κ1) is 17.5. The van der Waals surface area contributed by atoms with E-state index in [9.17, 15) is 0 Å². The van der Waals surface area contributed by atoms with E-state index >= 15 is 0 Å². The van der Waals surface area contributed by atoms with Crippen molar-refractivity contribution in [3.63, 3.8) is 0 Å². The van der Waals surface area contributed by atoms with E-state index in [1.165, 1.54) is 0 Å². The largest absolute Gasteiger partial charge is 0.348 e. The Morgan fingerprint density at radius 1 is 1.00 bits per heavy atom. The Labute approximate surface area is 157 Å². The zero-order chi connectivity index (χ0) is 19.0. The van der Waals surface area contributed by atoms with Crippen molar-refractivity contribution in [2.45, 2.75) is 76.8 Å². The van der Waals surface area contributed by atoms with Crippen LogP contribution in [-0.2, 0) is 23.7 Å². The van der Waals surface area contributed by atoms with Gasteiger partial charge in [-0.2, -0.15) is 0 Å². The van der Waals surface area contributed by atoms with E-state index < -0.39 is 11.6 Å². The molecular weight excluding hydrogens is 350 g/mol. The number of rotatable bonds is 2. The molecule has 1 unspecified atom stereocenters. The molecule has 3 fully saturated rings. The van der Waals surface area contributed by atoms with E-state index in [4.69, 9.17) is 23.7 Å². The lowest BCUT2D eigenvalue weighted by Gasteiger charge is -2.27. The van der Waals surface area contributed by atoms with Gasteiger partial charge in [-0.05, 0) is 40.7 Å². The van der Waals surface area contributed by atoms with Crippen molar-refractivity contribution in [1.29, 1.82) is 0 Å². The van der Waals surface area contributed by atoms with Crippen LogP contribution in [-0.4, -0.2) is 57.1 Å². The van der Waals surface area contributed by atoms with Gasteiger partial charge in [0, 0.05) is 11.6 Å². The second-order valence-corrected chi connectivity index (χ2v) is 8.34. The van der Waals surface area contributed by atoms with Crippen LogP contribution in [0.25, 0.3) is 11.0 Å². The molecule has 5 rings (SSSR count). The molecule has 0 radical (unpaired) electrons. The highest BCUT2D eigenvalue weighted by Crippen LogP contribution is 2.46. The summed E-state index contributed by atoms with van der Waals surface area (Å²) >= 11 is 0. The SMILES string of the molecule is Cc1ncnc2c1ccn2[C@@H]1O[C@@H](C2COC(C)(C)O2)[C@H]2OC(C)(C)O[C@H]21. The molecule has 0 spiro atoms. The molecule has 0 N–H and O–H groups in total. The summed E-state index contributed by atoms with van der Waals surface area (Å²) in [5.74, 6) is -1.31. The van der Waals surface area contributed by atoms with Gasteiger partial charge in [-0.15, -0.1) is 0 Å². The molecule has 2 aromatic rings. The maximum Gasteiger partial charge on any atom is 0.164 e. The van der Waals surface area contributed by atoms with E-state index in [1.807, 2.05) is 51.4 Å². The van der Waals surface area contributed by atoms with Gasteiger partial charge >= 0.3 is 0 Å². The van der Waals surface area contributed by atoms with Crippen LogP contribution in [0.15, 0.2) is 18.6 Å². The maximum atomic E-state index is 6.44. The smallest absolute Gasteiger partial charge is 0.164 e. The van der Waals surface area contributed by atoms with Gasteiger partial charge in [0.25, 0.3) is 0 Å². The summed E-state index contributed by atoms with van der Waals surface area (Å²) in [4.78, 5) is 8.74. The Hall–Kier alpha value is -1.58. The molecule has 146 valence electrons. The lowest BCUT2D eigenvalue weighted by Crippen LogP contribution is -2.40. The number of nitrogens with zero attached hydrogens (tertiary/aromatic N) is 3. The molecule has 2 aromatic heterocycles. The van der Waals surface area contributed by atoms with Crippen molar-refractivity contribution in [2.24, 2.45) is 0 Å².